The van der Waals surface area contributed by atoms with E-state index in [0.29, 0.717) is 34.7 Å². The minimum absolute atomic E-state index is 0.303. The van der Waals surface area contributed by atoms with Gasteiger partial charge in [0, 0.05) is 6.92 Å². The van der Waals surface area contributed by atoms with Crippen LogP contribution in [-0.4, -0.2) is 24.5 Å². The molecule has 1 N–H and O–H groups in total. The third-order valence-electron chi connectivity index (χ3n) is 2.23. The number of carbonyl (C=O) groups is 2. The third kappa shape index (κ3) is 1.96. The molecule has 0 spiro atoms. The van der Waals surface area contributed by atoms with Crippen LogP contribution in [0.2, 0.25) is 0 Å². The molecule has 1 aromatic heterocycles. The fourth-order valence-corrected chi connectivity index (χ4v) is 1.55. The molecule has 2 rings (SSSR count). The zero-order valence-electron chi connectivity index (χ0n) is 9.31. The number of nitrogens with one attached hydrogen (secondary N) is 1. The Bertz CT molecular complexity index is 588. The van der Waals surface area contributed by atoms with Crippen molar-refractivity contribution >= 4 is 29.2 Å². The van der Waals surface area contributed by atoms with Crippen molar-refractivity contribution in [2.75, 3.05) is 12.4 Å². The van der Waals surface area contributed by atoms with Crippen molar-refractivity contribution in [2.45, 2.75) is 6.92 Å². The molecule has 0 aliphatic carbocycles. The molecular weight excluding hydrogens is 224 g/mol. The van der Waals surface area contributed by atoms with Gasteiger partial charge in [0.1, 0.15) is 5.52 Å². The molecule has 0 saturated carbocycles. The molecule has 88 valence electrons. The van der Waals surface area contributed by atoms with E-state index in [1.807, 2.05) is 0 Å². The Balaban J connectivity index is 2.65. The molecule has 0 atom stereocenters. The zero-order valence-corrected chi connectivity index (χ0v) is 9.31. The van der Waals surface area contributed by atoms with Crippen molar-refractivity contribution in [2.24, 2.45) is 0 Å². The molecule has 0 aliphatic rings. The van der Waals surface area contributed by atoms with Gasteiger partial charge in [-0.25, -0.2) is 9.78 Å². The number of hydrogen-bond acceptors (Lipinski definition) is 5. The van der Waals surface area contributed by atoms with Gasteiger partial charge in [-0.3, -0.25) is 4.79 Å². The molecule has 1 amide bonds. The normalized spacial score (nSPS) is 10.2. The summed E-state index contributed by atoms with van der Waals surface area (Å²) in [7, 11) is 1.29. The largest absolute Gasteiger partial charge is 0.465 e. The monoisotopic (exact) mass is 234 g/mol. The zero-order chi connectivity index (χ0) is 12.4. The number of benzene rings is 1. The highest BCUT2D eigenvalue weighted by Gasteiger charge is 2.14. The summed E-state index contributed by atoms with van der Waals surface area (Å²) >= 11 is 0. The van der Waals surface area contributed by atoms with Gasteiger partial charge in [0.2, 0.25) is 6.41 Å². The lowest BCUT2D eigenvalue weighted by atomic mass is 10.2. The molecule has 2 aromatic rings. The molecule has 0 fully saturated rings. The predicted octanol–water partition coefficient (Wildman–Crippen LogP) is 1.49. The number of aromatic nitrogens is 1. The summed E-state index contributed by atoms with van der Waals surface area (Å²) in [6, 6.07) is 3.03. The van der Waals surface area contributed by atoms with E-state index in [9.17, 15) is 9.59 Å². The lowest BCUT2D eigenvalue weighted by molar-refractivity contribution is -0.105. The van der Waals surface area contributed by atoms with Gasteiger partial charge in [-0.05, 0) is 12.1 Å². The molecule has 1 heterocycles. The molecule has 0 saturated heterocycles. The number of amides is 1. The van der Waals surface area contributed by atoms with Crippen LogP contribution < -0.4 is 5.32 Å². The summed E-state index contributed by atoms with van der Waals surface area (Å²) in [6.07, 6.45) is 0.508. The van der Waals surface area contributed by atoms with Gasteiger partial charge in [-0.2, -0.15) is 0 Å². The van der Waals surface area contributed by atoms with Crippen LogP contribution in [0.5, 0.6) is 0 Å². The van der Waals surface area contributed by atoms with Crippen molar-refractivity contribution in [3.8, 4) is 0 Å². The summed E-state index contributed by atoms with van der Waals surface area (Å²) < 4.78 is 9.95. The molecule has 0 aliphatic heterocycles. The number of ether oxygens (including phenoxy) is 1. The van der Waals surface area contributed by atoms with E-state index in [-0.39, 0.29) is 0 Å². The summed E-state index contributed by atoms with van der Waals surface area (Å²) in [5.74, 6) is -0.0440. The first kappa shape index (κ1) is 11.1. The van der Waals surface area contributed by atoms with Gasteiger partial charge < -0.3 is 14.5 Å². The number of nitrogens with zero attached hydrogens (tertiary/aromatic N) is 1. The first-order valence-electron chi connectivity index (χ1n) is 4.85. The third-order valence-corrected chi connectivity index (χ3v) is 2.23. The number of esters is 1. The summed E-state index contributed by atoms with van der Waals surface area (Å²) in [6.45, 7) is 1.68. The molecular formula is C11H10N2O4. The van der Waals surface area contributed by atoms with Crippen molar-refractivity contribution < 1.29 is 18.7 Å². The topological polar surface area (TPSA) is 81.4 Å². The Morgan fingerprint density at radius 1 is 1.53 bits per heavy atom. The van der Waals surface area contributed by atoms with Crippen molar-refractivity contribution in [1.82, 2.24) is 4.98 Å². The summed E-state index contributed by atoms with van der Waals surface area (Å²) in [5, 5.41) is 2.46. The average Bonchev–Trinajstić information content (AvgIpc) is 2.69. The van der Waals surface area contributed by atoms with Crippen LogP contribution in [0.15, 0.2) is 16.5 Å². The number of anilines is 1. The Labute approximate surface area is 96.6 Å². The number of fused-ring (bicyclic) bond motifs is 1. The second kappa shape index (κ2) is 4.25. The van der Waals surface area contributed by atoms with Gasteiger partial charge in [-0.15, -0.1) is 0 Å². The molecule has 1 aromatic carbocycles. The fourth-order valence-electron chi connectivity index (χ4n) is 1.55. The van der Waals surface area contributed by atoms with Crippen LogP contribution in [0.25, 0.3) is 11.1 Å². The van der Waals surface area contributed by atoms with Crippen molar-refractivity contribution in [3.05, 3.63) is 23.6 Å². The van der Waals surface area contributed by atoms with E-state index in [0.717, 1.165) is 0 Å². The van der Waals surface area contributed by atoms with Crippen LogP contribution in [0.1, 0.15) is 16.2 Å². The van der Waals surface area contributed by atoms with E-state index in [2.05, 4.69) is 15.0 Å². The lowest BCUT2D eigenvalue weighted by Gasteiger charge is -2.03. The van der Waals surface area contributed by atoms with Gasteiger partial charge in [-0.1, -0.05) is 0 Å². The van der Waals surface area contributed by atoms with E-state index in [4.69, 9.17) is 4.42 Å². The predicted molar refractivity (Wildman–Crippen MR) is 59.8 cm³/mol. The van der Waals surface area contributed by atoms with Crippen LogP contribution in [0.3, 0.4) is 0 Å². The van der Waals surface area contributed by atoms with Crippen LogP contribution >= 0.6 is 0 Å². The van der Waals surface area contributed by atoms with Gasteiger partial charge in [0.25, 0.3) is 0 Å². The van der Waals surface area contributed by atoms with E-state index >= 15 is 0 Å². The quantitative estimate of drug-likeness (QED) is 0.642. The maximum absolute atomic E-state index is 11.4. The van der Waals surface area contributed by atoms with Crippen LogP contribution in [0, 0.1) is 6.92 Å². The fraction of sp³-hybridized carbons (Fsp3) is 0.182. The van der Waals surface area contributed by atoms with Crippen LogP contribution in [0.4, 0.5) is 5.69 Å². The van der Waals surface area contributed by atoms with E-state index in [1.54, 1.807) is 13.0 Å². The van der Waals surface area contributed by atoms with Crippen LogP contribution in [-0.2, 0) is 9.53 Å². The minimum atomic E-state index is -0.499. The maximum atomic E-state index is 11.4. The standard InChI is InChI=1S/C11H10N2O4/c1-6-13-9-4-7(11(15)16-2)3-8(12-5-14)10(9)17-6/h3-5H,1-2H3,(H,12,14). The molecule has 0 radical (unpaired) electrons. The summed E-state index contributed by atoms with van der Waals surface area (Å²) in [5.41, 5.74) is 1.62. The van der Waals surface area contributed by atoms with E-state index < -0.39 is 5.97 Å². The first-order valence-corrected chi connectivity index (χ1v) is 4.85. The highest BCUT2D eigenvalue weighted by atomic mass is 16.5. The van der Waals surface area contributed by atoms with E-state index in [1.165, 1.54) is 13.2 Å². The highest BCUT2D eigenvalue weighted by Crippen LogP contribution is 2.26. The highest BCUT2D eigenvalue weighted by molar-refractivity contribution is 6.00. The number of methoxy groups -OCH3 is 1. The van der Waals surface area contributed by atoms with Gasteiger partial charge >= 0.3 is 5.97 Å². The molecule has 0 unspecified atom stereocenters. The Kier molecular flexibility index (Phi) is 2.78. The number of hydrogen-bond donors (Lipinski definition) is 1. The minimum Gasteiger partial charge on any atom is -0.465 e. The Morgan fingerprint density at radius 3 is 2.94 bits per heavy atom. The summed E-state index contributed by atoms with van der Waals surface area (Å²) in [4.78, 5) is 26.0. The van der Waals surface area contributed by atoms with Gasteiger partial charge in [0.05, 0.1) is 18.4 Å². The average molecular weight is 234 g/mol. The SMILES string of the molecule is COC(=O)c1cc(NC=O)c2oc(C)nc2c1. The number of oxazole rings is 1. The smallest absolute Gasteiger partial charge is 0.338 e. The Morgan fingerprint density at radius 2 is 2.29 bits per heavy atom. The Hall–Kier alpha value is -2.37. The second-order valence-corrected chi connectivity index (χ2v) is 3.36. The second-order valence-electron chi connectivity index (χ2n) is 3.36. The van der Waals surface area contributed by atoms with Crippen molar-refractivity contribution in [1.29, 1.82) is 0 Å². The van der Waals surface area contributed by atoms with Crippen molar-refractivity contribution in [3.63, 3.8) is 0 Å². The lowest BCUT2D eigenvalue weighted by Crippen LogP contribution is -2.03. The number of carbonyl (C=O) groups excluding carboxylic acids is 2. The number of aryl methyl sites for hydroxylation is 1. The molecule has 0 bridgehead atoms. The van der Waals surface area contributed by atoms with Gasteiger partial charge in [0.15, 0.2) is 11.5 Å². The number of rotatable bonds is 3. The molecule has 6 heteroatoms. The molecule has 6 nitrogen and oxygen atoms in total. The maximum Gasteiger partial charge on any atom is 0.338 e. The first-order chi connectivity index (χ1) is 8.15. The molecule has 17 heavy (non-hydrogen) atoms.